The van der Waals surface area contributed by atoms with E-state index in [1.54, 1.807) is 13.8 Å². The summed E-state index contributed by atoms with van der Waals surface area (Å²) in [6.45, 7) is 3.18. The Kier molecular flexibility index (Phi) is 3.35. The molecular weight excluding hydrogens is 334 g/mol. The van der Waals surface area contributed by atoms with Crippen molar-refractivity contribution in [2.45, 2.75) is 44.2 Å². The second kappa shape index (κ2) is 5.14. The molecule has 4 heterocycles. The van der Waals surface area contributed by atoms with Gasteiger partial charge in [0.2, 0.25) is 5.95 Å². The summed E-state index contributed by atoms with van der Waals surface area (Å²) in [5.74, 6) is -1.00. The highest BCUT2D eigenvalue weighted by Crippen LogP contribution is 2.43. The molecule has 11 nitrogen and oxygen atoms in total. The van der Waals surface area contributed by atoms with Gasteiger partial charge in [0, 0.05) is 7.05 Å². The largest absolute Gasteiger partial charge is 0.394 e. The summed E-state index contributed by atoms with van der Waals surface area (Å²) in [5.41, 5.74) is 4.75. The number of aromatic nitrogens is 4. The summed E-state index contributed by atoms with van der Waals surface area (Å²) in [6, 6.07) is 0. The van der Waals surface area contributed by atoms with E-state index in [4.69, 9.17) is 19.9 Å². The van der Waals surface area contributed by atoms with E-state index in [1.807, 2.05) is 0 Å². The van der Waals surface area contributed by atoms with Gasteiger partial charge in [0.1, 0.15) is 18.3 Å². The Morgan fingerprint density at radius 3 is 2.68 bits per heavy atom. The zero-order chi connectivity index (χ0) is 18.1. The van der Waals surface area contributed by atoms with Gasteiger partial charge >= 0.3 is 5.69 Å². The van der Waals surface area contributed by atoms with E-state index in [0.29, 0.717) is 0 Å². The van der Waals surface area contributed by atoms with Gasteiger partial charge in [-0.05, 0) is 13.8 Å². The van der Waals surface area contributed by atoms with E-state index in [-0.39, 0.29) is 23.7 Å². The number of fused-ring (bicyclic) bond motifs is 2. The van der Waals surface area contributed by atoms with Gasteiger partial charge in [-0.3, -0.25) is 14.3 Å². The van der Waals surface area contributed by atoms with Gasteiger partial charge < -0.3 is 25.1 Å². The predicted octanol–water partition coefficient (Wildman–Crippen LogP) is -1.58. The molecule has 2 aromatic rings. The molecule has 4 rings (SSSR count). The lowest BCUT2D eigenvalue weighted by Crippen LogP contribution is -2.34. The van der Waals surface area contributed by atoms with Crippen LogP contribution in [-0.2, 0) is 21.3 Å². The first-order valence-corrected chi connectivity index (χ1v) is 7.82. The summed E-state index contributed by atoms with van der Waals surface area (Å²) in [7, 11) is 1.46. The van der Waals surface area contributed by atoms with Crippen LogP contribution in [0.1, 0.15) is 20.1 Å². The molecule has 0 bridgehead atoms. The summed E-state index contributed by atoms with van der Waals surface area (Å²) in [4.78, 5) is 31.4. The van der Waals surface area contributed by atoms with Gasteiger partial charge in [-0.25, -0.2) is 9.36 Å². The zero-order valence-corrected chi connectivity index (χ0v) is 13.9. The van der Waals surface area contributed by atoms with Crippen molar-refractivity contribution in [3.8, 4) is 0 Å². The molecular formula is C14H19N5O6. The molecule has 4 atom stereocenters. The highest BCUT2D eigenvalue weighted by Gasteiger charge is 2.56. The van der Waals surface area contributed by atoms with Crippen LogP contribution in [-0.4, -0.2) is 54.9 Å². The third kappa shape index (κ3) is 2.24. The number of H-pyrrole nitrogens is 1. The molecule has 0 aliphatic carbocycles. The lowest BCUT2D eigenvalue weighted by molar-refractivity contribution is -0.200. The van der Waals surface area contributed by atoms with Crippen LogP contribution in [0.2, 0.25) is 0 Å². The molecule has 0 saturated carbocycles. The maximum Gasteiger partial charge on any atom is 0.332 e. The number of aliphatic hydroxyl groups excluding tert-OH is 1. The van der Waals surface area contributed by atoms with Gasteiger partial charge in [0.15, 0.2) is 23.2 Å². The van der Waals surface area contributed by atoms with Gasteiger partial charge in [0.25, 0.3) is 5.56 Å². The number of nitrogen functional groups attached to an aromatic ring is 1. The minimum Gasteiger partial charge on any atom is -0.394 e. The summed E-state index contributed by atoms with van der Waals surface area (Å²) >= 11 is 0. The topological polar surface area (TPSA) is 147 Å². The highest BCUT2D eigenvalue weighted by molar-refractivity contribution is 5.71. The second-order valence-corrected chi connectivity index (χ2v) is 6.65. The van der Waals surface area contributed by atoms with Gasteiger partial charge in [-0.2, -0.15) is 4.98 Å². The van der Waals surface area contributed by atoms with Crippen LogP contribution < -0.4 is 17.0 Å². The molecule has 2 aromatic heterocycles. The van der Waals surface area contributed by atoms with Crippen LogP contribution in [0.4, 0.5) is 5.95 Å². The van der Waals surface area contributed by atoms with Crippen molar-refractivity contribution in [1.29, 1.82) is 0 Å². The van der Waals surface area contributed by atoms with Crippen LogP contribution in [0, 0.1) is 0 Å². The minimum absolute atomic E-state index is 0.0740. The monoisotopic (exact) mass is 353 g/mol. The smallest absolute Gasteiger partial charge is 0.332 e. The number of aromatic amines is 1. The van der Waals surface area contributed by atoms with E-state index in [9.17, 15) is 14.7 Å². The average molecular weight is 353 g/mol. The van der Waals surface area contributed by atoms with Crippen LogP contribution in [0.25, 0.3) is 11.2 Å². The van der Waals surface area contributed by atoms with Crippen molar-refractivity contribution in [3.63, 3.8) is 0 Å². The highest BCUT2D eigenvalue weighted by atomic mass is 16.8. The fraction of sp³-hybridized carbons (Fsp3) is 0.643. The number of hydrogen-bond acceptors (Lipinski definition) is 8. The summed E-state index contributed by atoms with van der Waals surface area (Å²) < 4.78 is 19.9. The van der Waals surface area contributed by atoms with E-state index in [2.05, 4.69) is 9.97 Å². The van der Waals surface area contributed by atoms with E-state index >= 15 is 0 Å². The number of imidazole rings is 1. The molecule has 1 unspecified atom stereocenters. The first kappa shape index (κ1) is 16.3. The van der Waals surface area contributed by atoms with E-state index < -0.39 is 41.6 Å². The lowest BCUT2D eigenvalue weighted by atomic mass is 10.1. The number of rotatable bonds is 2. The first-order chi connectivity index (χ1) is 11.7. The Morgan fingerprint density at radius 1 is 1.32 bits per heavy atom. The molecule has 136 valence electrons. The first-order valence-electron chi connectivity index (χ1n) is 7.82. The Morgan fingerprint density at radius 2 is 2.00 bits per heavy atom. The van der Waals surface area contributed by atoms with Crippen molar-refractivity contribution in [2.75, 3.05) is 12.3 Å². The number of nitrogens with one attached hydrogen (secondary N) is 1. The second-order valence-electron chi connectivity index (χ2n) is 6.65. The minimum atomic E-state index is -0.908. The summed E-state index contributed by atoms with van der Waals surface area (Å²) in [6.07, 6.45) is -2.77. The average Bonchev–Trinajstić information content (AvgIpc) is 3.08. The Balaban J connectivity index is 1.92. The number of aliphatic hydroxyl groups is 1. The number of hydrogen-bond donors (Lipinski definition) is 3. The molecule has 0 amide bonds. The molecule has 4 N–H and O–H groups in total. The standard InChI is InChI=1S/C14H19N5O6/c1-14(2)24-7-5(4-20)23-11(8(7)25-14)19-9-6(18(3)13(19)22)10(21)17-12(15)16-9/h5,7-8,11,20H,4H2,1-3H3,(H3,15,16,17,21)/t5-,7-,8?,11-/m1/s1. The maximum atomic E-state index is 12.7. The molecule has 2 aliphatic heterocycles. The third-order valence-electron chi connectivity index (χ3n) is 4.51. The third-order valence-corrected chi connectivity index (χ3v) is 4.51. The molecule has 11 heteroatoms. The number of nitrogens with two attached hydrogens (primary N) is 1. The molecule has 2 fully saturated rings. The Labute approximate surface area is 140 Å². The fourth-order valence-electron chi connectivity index (χ4n) is 3.53. The van der Waals surface area contributed by atoms with Crippen LogP contribution in [0.15, 0.2) is 9.59 Å². The van der Waals surface area contributed by atoms with Crippen molar-refractivity contribution < 1.29 is 19.3 Å². The van der Waals surface area contributed by atoms with E-state index in [0.717, 1.165) is 0 Å². The number of anilines is 1. The zero-order valence-electron chi connectivity index (χ0n) is 13.9. The normalized spacial score (nSPS) is 30.9. The molecule has 0 aromatic carbocycles. The van der Waals surface area contributed by atoms with E-state index in [1.165, 1.54) is 16.2 Å². The quantitative estimate of drug-likeness (QED) is 0.586. The van der Waals surface area contributed by atoms with Crippen LogP contribution in [0.3, 0.4) is 0 Å². The van der Waals surface area contributed by atoms with Crippen molar-refractivity contribution in [3.05, 3.63) is 20.8 Å². The molecule has 0 spiro atoms. The SMILES string of the molecule is Cn1c(=O)n([C@@H]2O[C@H](CO)[C@H]3OC(C)(C)OC23)c2nc(N)[nH]c(=O)c21. The van der Waals surface area contributed by atoms with Crippen LogP contribution in [0.5, 0.6) is 0 Å². The number of ether oxygens (including phenoxy) is 3. The number of nitrogens with zero attached hydrogens (tertiary/aromatic N) is 3. The van der Waals surface area contributed by atoms with Crippen molar-refractivity contribution in [2.24, 2.45) is 7.05 Å². The Hall–Kier alpha value is -2.21. The van der Waals surface area contributed by atoms with Crippen molar-refractivity contribution >= 4 is 17.1 Å². The van der Waals surface area contributed by atoms with Crippen molar-refractivity contribution in [1.82, 2.24) is 19.1 Å². The molecule has 25 heavy (non-hydrogen) atoms. The van der Waals surface area contributed by atoms with Gasteiger partial charge in [-0.1, -0.05) is 0 Å². The summed E-state index contributed by atoms with van der Waals surface area (Å²) in [5, 5.41) is 9.58. The fourth-order valence-corrected chi connectivity index (χ4v) is 3.53. The van der Waals surface area contributed by atoms with Gasteiger partial charge in [0.05, 0.1) is 6.61 Å². The molecule has 0 radical (unpaired) electrons. The predicted molar refractivity (Wildman–Crippen MR) is 84.8 cm³/mol. The molecule has 2 saturated heterocycles. The maximum absolute atomic E-state index is 12.7. The van der Waals surface area contributed by atoms with Gasteiger partial charge in [-0.15, -0.1) is 0 Å². The Bertz CT molecular complexity index is 959. The lowest BCUT2D eigenvalue weighted by Gasteiger charge is -2.23. The molecule has 2 aliphatic rings. The number of aryl methyl sites for hydroxylation is 1. The van der Waals surface area contributed by atoms with Crippen LogP contribution >= 0.6 is 0 Å².